The van der Waals surface area contributed by atoms with E-state index in [1.807, 2.05) is 4.98 Å². The number of hydrogen-bond acceptors (Lipinski definition) is 5. The quantitative estimate of drug-likeness (QED) is 0.593. The Balaban J connectivity index is 2.49. The molecule has 9 heteroatoms. The minimum absolute atomic E-state index is 0.449. The predicted molar refractivity (Wildman–Crippen MR) is 65.8 cm³/mol. The van der Waals surface area contributed by atoms with Gasteiger partial charge in [-0.2, -0.15) is 0 Å². The number of nitrogens with one attached hydrogen (secondary N) is 1. The zero-order valence-corrected chi connectivity index (χ0v) is 11.3. The molecule has 1 aromatic rings. The van der Waals surface area contributed by atoms with E-state index < -0.39 is 40.1 Å². The molecule has 18 heavy (non-hydrogen) atoms. The van der Waals surface area contributed by atoms with Crippen molar-refractivity contribution in [2.24, 2.45) is 0 Å². The number of H-pyrrole nitrogens is 1. The molecular weight excluding hydrogens is 331 g/mol. The highest BCUT2D eigenvalue weighted by Crippen LogP contribution is 2.42. The second kappa shape index (κ2) is 4.78. The van der Waals surface area contributed by atoms with E-state index in [9.17, 15) is 14.7 Å². The van der Waals surface area contributed by atoms with E-state index in [1.165, 1.54) is 0 Å². The van der Waals surface area contributed by atoms with Crippen molar-refractivity contribution < 1.29 is 14.9 Å². The average molecular weight is 342 g/mol. The summed E-state index contributed by atoms with van der Waals surface area (Å²) in [5.41, 5.74) is -1.34. The van der Waals surface area contributed by atoms with Gasteiger partial charge in [-0.05, 0) is 0 Å². The summed E-state index contributed by atoms with van der Waals surface area (Å²) in [7, 11) is 0. The maximum atomic E-state index is 11.7. The lowest BCUT2D eigenvalue weighted by Gasteiger charge is -2.26. The van der Waals surface area contributed by atoms with Gasteiger partial charge in [-0.1, -0.05) is 27.5 Å². The first-order valence-corrected chi connectivity index (χ1v) is 6.31. The number of halogens is 2. The Labute approximate surface area is 114 Å². The third kappa shape index (κ3) is 2.04. The highest BCUT2D eigenvalue weighted by Gasteiger charge is 2.54. The Kier molecular flexibility index (Phi) is 3.65. The fourth-order valence-electron chi connectivity index (χ4n) is 1.74. The van der Waals surface area contributed by atoms with Crippen molar-refractivity contribution >= 4 is 27.5 Å². The van der Waals surface area contributed by atoms with E-state index in [2.05, 4.69) is 15.9 Å². The molecular formula is C9H10BrClN2O5. The van der Waals surface area contributed by atoms with Crippen molar-refractivity contribution in [1.82, 2.24) is 9.55 Å². The van der Waals surface area contributed by atoms with Gasteiger partial charge in [0.2, 0.25) is 5.18 Å². The van der Waals surface area contributed by atoms with Crippen LogP contribution in [0.15, 0.2) is 21.9 Å². The third-order valence-electron chi connectivity index (χ3n) is 2.67. The first kappa shape index (κ1) is 13.8. The molecule has 2 rings (SSSR count). The Morgan fingerprint density at radius 2 is 2.28 bits per heavy atom. The summed E-state index contributed by atoms with van der Waals surface area (Å²) in [6, 6.07) is 1.10. The van der Waals surface area contributed by atoms with Gasteiger partial charge in [-0.15, -0.1) is 0 Å². The summed E-state index contributed by atoms with van der Waals surface area (Å²) in [5, 5.41) is 17.1. The first-order chi connectivity index (χ1) is 8.40. The average Bonchev–Trinajstić information content (AvgIpc) is 2.54. The minimum Gasteiger partial charge on any atom is -0.394 e. The van der Waals surface area contributed by atoms with Gasteiger partial charge >= 0.3 is 5.69 Å². The van der Waals surface area contributed by atoms with Crippen LogP contribution in [0, 0.1) is 0 Å². The second-order valence-electron chi connectivity index (χ2n) is 3.82. The van der Waals surface area contributed by atoms with Gasteiger partial charge in [-0.25, -0.2) is 4.79 Å². The van der Waals surface area contributed by atoms with Gasteiger partial charge in [0.05, 0.1) is 6.61 Å². The lowest BCUT2D eigenvalue weighted by Crippen LogP contribution is -2.45. The number of alkyl halides is 2. The molecule has 0 amide bonds. The van der Waals surface area contributed by atoms with Gasteiger partial charge in [0.15, 0.2) is 0 Å². The predicted octanol–water partition coefficient (Wildman–Crippen LogP) is -1.10. The summed E-state index contributed by atoms with van der Waals surface area (Å²) >= 11 is 9.30. The Bertz CT molecular complexity index is 560. The normalized spacial score (nSPS) is 35.9. The Morgan fingerprint density at radius 1 is 1.61 bits per heavy atom. The monoisotopic (exact) mass is 340 g/mol. The number of hydrogen-bond donors (Lipinski definition) is 3. The fourth-order valence-corrected chi connectivity index (χ4v) is 2.78. The zero-order valence-electron chi connectivity index (χ0n) is 8.92. The maximum Gasteiger partial charge on any atom is 0.331 e. The smallest absolute Gasteiger partial charge is 0.331 e. The molecule has 0 unspecified atom stereocenters. The number of rotatable bonds is 2. The van der Waals surface area contributed by atoms with Gasteiger partial charge < -0.3 is 14.9 Å². The van der Waals surface area contributed by atoms with E-state index in [0.717, 1.165) is 16.8 Å². The first-order valence-electron chi connectivity index (χ1n) is 5.02. The van der Waals surface area contributed by atoms with Crippen molar-refractivity contribution in [3.8, 4) is 0 Å². The Morgan fingerprint density at radius 3 is 2.78 bits per heavy atom. The van der Waals surface area contributed by atoms with Crippen LogP contribution < -0.4 is 11.2 Å². The number of nitrogens with zero attached hydrogens (tertiary/aromatic N) is 1. The summed E-state index contributed by atoms with van der Waals surface area (Å²) in [4.78, 5) is 23.8. The van der Waals surface area contributed by atoms with Crippen molar-refractivity contribution in [2.75, 3.05) is 6.61 Å². The van der Waals surface area contributed by atoms with Crippen molar-refractivity contribution in [2.45, 2.75) is 22.2 Å². The molecule has 0 spiro atoms. The van der Waals surface area contributed by atoms with Crippen LogP contribution in [0.5, 0.6) is 0 Å². The lowest BCUT2D eigenvalue weighted by atomic mass is 10.2. The molecule has 3 N–H and O–H groups in total. The minimum atomic E-state index is -1.71. The van der Waals surface area contributed by atoms with Crippen molar-refractivity contribution in [3.63, 3.8) is 0 Å². The molecule has 0 saturated carbocycles. The molecule has 2 heterocycles. The number of aromatic nitrogens is 2. The van der Waals surface area contributed by atoms with Crippen LogP contribution in [0.25, 0.3) is 0 Å². The van der Waals surface area contributed by atoms with Crippen LogP contribution in [-0.4, -0.2) is 43.4 Å². The SMILES string of the molecule is O=c1ccn([C@]2(Cl)O[C@H](CO)[C@@H](O)[C@H]2Br)c(=O)[nH]1. The molecule has 1 aliphatic heterocycles. The van der Waals surface area contributed by atoms with Gasteiger partial charge in [0.25, 0.3) is 5.56 Å². The van der Waals surface area contributed by atoms with Crippen LogP contribution in [0.1, 0.15) is 0 Å². The van der Waals surface area contributed by atoms with Crippen molar-refractivity contribution in [1.29, 1.82) is 0 Å². The number of aliphatic hydroxyl groups excluding tert-OH is 2. The summed E-state index contributed by atoms with van der Waals surface area (Å²) < 4.78 is 6.23. The molecule has 0 radical (unpaired) electrons. The van der Waals surface area contributed by atoms with Gasteiger partial charge in [-0.3, -0.25) is 14.3 Å². The number of ether oxygens (including phenoxy) is 1. The molecule has 100 valence electrons. The molecule has 1 saturated heterocycles. The highest BCUT2D eigenvalue weighted by molar-refractivity contribution is 9.09. The molecule has 1 aliphatic rings. The number of aromatic amines is 1. The van der Waals surface area contributed by atoms with Crippen LogP contribution in [0.4, 0.5) is 0 Å². The summed E-state index contributed by atoms with van der Waals surface area (Å²) in [6.07, 6.45) is -0.855. The Hall–Kier alpha value is -0.670. The third-order valence-corrected chi connectivity index (χ3v) is 4.60. The van der Waals surface area contributed by atoms with E-state index in [1.54, 1.807) is 0 Å². The lowest BCUT2D eigenvalue weighted by molar-refractivity contribution is -0.0685. The largest absolute Gasteiger partial charge is 0.394 e. The molecule has 4 atom stereocenters. The molecule has 7 nitrogen and oxygen atoms in total. The van der Waals surface area contributed by atoms with Gasteiger partial charge in [0, 0.05) is 12.3 Å². The summed E-state index contributed by atoms with van der Waals surface area (Å²) in [5.74, 6) is 0. The van der Waals surface area contributed by atoms with Crippen LogP contribution in [0.2, 0.25) is 0 Å². The second-order valence-corrected chi connectivity index (χ2v) is 5.35. The molecule has 0 aliphatic carbocycles. The molecule has 0 bridgehead atoms. The zero-order chi connectivity index (χ0) is 13.5. The molecule has 1 fully saturated rings. The number of aliphatic hydroxyl groups is 2. The standard InChI is InChI=1S/C9H10BrClN2O5/c10-7-6(16)4(3-14)18-9(7,11)13-2-1-5(15)12-8(13)17/h1-2,4,6-7,14,16H,3H2,(H,12,15,17)/t4-,6-,7-,9+/m1/s1. The molecule has 1 aromatic heterocycles. The van der Waals surface area contributed by atoms with Crippen LogP contribution >= 0.6 is 27.5 Å². The van der Waals surface area contributed by atoms with E-state index >= 15 is 0 Å². The van der Waals surface area contributed by atoms with E-state index in [4.69, 9.17) is 21.4 Å². The van der Waals surface area contributed by atoms with Crippen LogP contribution in [0.3, 0.4) is 0 Å². The summed E-state index contributed by atoms with van der Waals surface area (Å²) in [6.45, 7) is -0.449. The van der Waals surface area contributed by atoms with Crippen molar-refractivity contribution in [3.05, 3.63) is 33.1 Å². The van der Waals surface area contributed by atoms with E-state index in [0.29, 0.717) is 0 Å². The topological polar surface area (TPSA) is 105 Å². The fraction of sp³-hybridized carbons (Fsp3) is 0.556. The van der Waals surface area contributed by atoms with E-state index in [-0.39, 0.29) is 0 Å². The molecule has 0 aromatic carbocycles. The van der Waals surface area contributed by atoms with Gasteiger partial charge in [0.1, 0.15) is 17.0 Å². The van der Waals surface area contributed by atoms with Crippen LogP contribution in [-0.2, 0) is 9.92 Å². The maximum absolute atomic E-state index is 11.7. The highest BCUT2D eigenvalue weighted by atomic mass is 79.9.